The number of rotatable bonds is 4. The molecule has 26 heavy (non-hydrogen) atoms. The number of anilines is 1. The van der Waals surface area contributed by atoms with E-state index in [0.29, 0.717) is 23.8 Å². The molecule has 0 aromatic carbocycles. The number of sulfone groups is 1. The molecule has 1 atom stereocenters. The molecule has 8 heteroatoms. The number of nitrogens with zero attached hydrogens (tertiary/aromatic N) is 3. The zero-order valence-corrected chi connectivity index (χ0v) is 15.0. The number of aryl methyl sites for hydroxylation is 1. The number of hydrogen-bond acceptors (Lipinski definition) is 7. The lowest BCUT2D eigenvalue weighted by Gasteiger charge is -2.14. The van der Waals surface area contributed by atoms with Crippen LogP contribution in [0.3, 0.4) is 0 Å². The van der Waals surface area contributed by atoms with Gasteiger partial charge in [-0.25, -0.2) is 18.4 Å². The first-order valence-electron chi connectivity index (χ1n) is 8.31. The van der Waals surface area contributed by atoms with E-state index in [1.165, 1.54) is 0 Å². The highest BCUT2D eigenvalue weighted by atomic mass is 32.2. The van der Waals surface area contributed by atoms with Gasteiger partial charge in [-0.05, 0) is 42.7 Å². The maximum atomic E-state index is 11.7. The first-order chi connectivity index (χ1) is 12.5. The minimum atomic E-state index is -2.97. The molecular weight excluding hydrogens is 352 g/mol. The minimum Gasteiger partial charge on any atom is -0.463 e. The fourth-order valence-corrected chi connectivity index (χ4v) is 4.79. The van der Waals surface area contributed by atoms with Crippen molar-refractivity contribution >= 4 is 15.8 Å². The Morgan fingerprint density at radius 3 is 2.81 bits per heavy atom. The summed E-state index contributed by atoms with van der Waals surface area (Å²) in [7, 11) is -2.97. The van der Waals surface area contributed by atoms with Crippen LogP contribution in [0, 0.1) is 6.92 Å². The highest BCUT2D eigenvalue weighted by Gasteiger charge is 2.28. The van der Waals surface area contributed by atoms with Gasteiger partial charge in [0.1, 0.15) is 5.69 Å². The molecule has 4 heterocycles. The summed E-state index contributed by atoms with van der Waals surface area (Å²) >= 11 is 0. The molecule has 0 saturated carbocycles. The van der Waals surface area contributed by atoms with E-state index in [4.69, 9.17) is 4.42 Å². The van der Waals surface area contributed by atoms with E-state index in [1.807, 2.05) is 19.1 Å². The molecule has 0 unspecified atom stereocenters. The van der Waals surface area contributed by atoms with Gasteiger partial charge >= 0.3 is 0 Å². The third-order valence-corrected chi connectivity index (χ3v) is 6.19. The third kappa shape index (κ3) is 3.32. The summed E-state index contributed by atoms with van der Waals surface area (Å²) in [6.45, 7) is 1.98. The summed E-state index contributed by atoms with van der Waals surface area (Å²) in [6, 6.07) is 5.39. The maximum Gasteiger partial charge on any atom is 0.223 e. The van der Waals surface area contributed by atoms with Crippen LogP contribution in [-0.4, -0.2) is 40.9 Å². The highest BCUT2D eigenvalue weighted by molar-refractivity contribution is 7.91. The Balaban J connectivity index is 1.74. The van der Waals surface area contributed by atoms with Crippen molar-refractivity contribution in [1.29, 1.82) is 0 Å². The predicted molar refractivity (Wildman–Crippen MR) is 98.4 cm³/mol. The van der Waals surface area contributed by atoms with Crippen molar-refractivity contribution in [3.63, 3.8) is 0 Å². The molecule has 7 nitrogen and oxygen atoms in total. The zero-order valence-electron chi connectivity index (χ0n) is 14.2. The molecule has 1 N–H and O–H groups in total. The summed E-state index contributed by atoms with van der Waals surface area (Å²) < 4.78 is 28.9. The second-order valence-electron chi connectivity index (χ2n) is 6.37. The summed E-state index contributed by atoms with van der Waals surface area (Å²) in [4.78, 5) is 13.1. The van der Waals surface area contributed by atoms with Crippen LogP contribution in [0.1, 0.15) is 12.0 Å². The highest BCUT2D eigenvalue weighted by Crippen LogP contribution is 2.32. The molecule has 3 aromatic heterocycles. The molecule has 3 aromatic rings. The SMILES string of the molecule is Cc1cnccc1-c1cnc(N[C@@H]2CCS(=O)(=O)C2)nc1-c1ccco1. The van der Waals surface area contributed by atoms with Crippen LogP contribution in [0.2, 0.25) is 0 Å². The molecule has 1 aliphatic rings. The summed E-state index contributed by atoms with van der Waals surface area (Å²) in [5.41, 5.74) is 3.47. The monoisotopic (exact) mass is 370 g/mol. The number of aromatic nitrogens is 3. The molecule has 4 rings (SSSR count). The van der Waals surface area contributed by atoms with E-state index >= 15 is 0 Å². The Morgan fingerprint density at radius 2 is 2.12 bits per heavy atom. The molecule has 134 valence electrons. The second kappa shape index (κ2) is 6.53. The Morgan fingerprint density at radius 1 is 1.23 bits per heavy atom. The van der Waals surface area contributed by atoms with Gasteiger partial charge in [0.2, 0.25) is 5.95 Å². The quantitative estimate of drug-likeness (QED) is 0.754. The van der Waals surface area contributed by atoms with E-state index in [9.17, 15) is 8.42 Å². The van der Waals surface area contributed by atoms with Crippen LogP contribution in [0.15, 0.2) is 47.5 Å². The van der Waals surface area contributed by atoms with Gasteiger partial charge in [-0.2, -0.15) is 0 Å². The Hall–Kier alpha value is -2.74. The van der Waals surface area contributed by atoms with Crippen molar-refractivity contribution in [2.24, 2.45) is 0 Å². The lowest BCUT2D eigenvalue weighted by atomic mass is 10.0. The summed E-state index contributed by atoms with van der Waals surface area (Å²) in [5.74, 6) is 1.33. The molecule has 0 spiro atoms. The van der Waals surface area contributed by atoms with Crippen LogP contribution in [-0.2, 0) is 9.84 Å². The predicted octanol–water partition coefficient (Wildman–Crippen LogP) is 2.71. The van der Waals surface area contributed by atoms with E-state index < -0.39 is 9.84 Å². The van der Waals surface area contributed by atoms with Gasteiger partial charge < -0.3 is 9.73 Å². The molecule has 1 fully saturated rings. The standard InChI is InChI=1S/C18H18N4O3S/c1-12-9-19-6-4-14(12)15-10-20-18(21-13-5-8-26(23,24)11-13)22-17(15)16-3-2-7-25-16/h2-4,6-7,9-10,13H,5,8,11H2,1H3,(H,20,21,22)/t13-/m1/s1. The smallest absolute Gasteiger partial charge is 0.223 e. The molecule has 0 aliphatic carbocycles. The van der Waals surface area contributed by atoms with Gasteiger partial charge in [0.05, 0.1) is 17.8 Å². The molecule has 1 aliphatic heterocycles. The maximum absolute atomic E-state index is 11.7. The van der Waals surface area contributed by atoms with Gasteiger partial charge in [-0.3, -0.25) is 4.98 Å². The zero-order chi connectivity index (χ0) is 18.1. The molecule has 0 amide bonds. The first kappa shape index (κ1) is 16.7. The normalized spacial score (nSPS) is 18.7. The van der Waals surface area contributed by atoms with Crippen molar-refractivity contribution in [2.75, 3.05) is 16.8 Å². The number of hydrogen-bond donors (Lipinski definition) is 1. The van der Waals surface area contributed by atoms with Crippen LogP contribution in [0.4, 0.5) is 5.95 Å². The largest absolute Gasteiger partial charge is 0.463 e. The Bertz CT molecular complexity index is 1030. The lowest BCUT2D eigenvalue weighted by molar-refractivity contribution is 0.580. The third-order valence-electron chi connectivity index (χ3n) is 4.42. The minimum absolute atomic E-state index is 0.109. The van der Waals surface area contributed by atoms with Crippen molar-refractivity contribution < 1.29 is 12.8 Å². The van der Waals surface area contributed by atoms with Crippen LogP contribution in [0.25, 0.3) is 22.6 Å². The van der Waals surface area contributed by atoms with E-state index in [2.05, 4.69) is 20.3 Å². The van der Waals surface area contributed by atoms with Gasteiger partial charge in [-0.1, -0.05) is 0 Å². The average Bonchev–Trinajstić information content (AvgIpc) is 3.25. The average molecular weight is 370 g/mol. The lowest BCUT2D eigenvalue weighted by Crippen LogP contribution is -2.22. The Kier molecular flexibility index (Phi) is 4.20. The van der Waals surface area contributed by atoms with Crippen molar-refractivity contribution in [3.05, 3.63) is 48.6 Å². The molecular formula is C18H18N4O3S. The summed E-state index contributed by atoms with van der Waals surface area (Å²) in [6.07, 6.45) is 7.41. The first-order valence-corrected chi connectivity index (χ1v) is 10.1. The topological polar surface area (TPSA) is 98.0 Å². The molecule has 0 radical (unpaired) electrons. The molecule has 1 saturated heterocycles. The fourth-order valence-electron chi connectivity index (χ4n) is 3.12. The van der Waals surface area contributed by atoms with Gasteiger partial charge in [0, 0.05) is 30.2 Å². The Labute approximate surface area is 151 Å². The van der Waals surface area contributed by atoms with Gasteiger partial charge in [-0.15, -0.1) is 0 Å². The fraction of sp³-hybridized carbons (Fsp3) is 0.278. The van der Waals surface area contributed by atoms with E-state index in [-0.39, 0.29) is 17.5 Å². The van der Waals surface area contributed by atoms with Crippen LogP contribution < -0.4 is 5.32 Å². The number of pyridine rings is 1. The number of nitrogens with one attached hydrogen (secondary N) is 1. The van der Waals surface area contributed by atoms with Crippen molar-refractivity contribution in [1.82, 2.24) is 15.0 Å². The second-order valence-corrected chi connectivity index (χ2v) is 8.60. The van der Waals surface area contributed by atoms with E-state index in [0.717, 1.165) is 16.7 Å². The molecule has 0 bridgehead atoms. The van der Waals surface area contributed by atoms with Crippen molar-refractivity contribution in [3.8, 4) is 22.6 Å². The van der Waals surface area contributed by atoms with Crippen LogP contribution >= 0.6 is 0 Å². The van der Waals surface area contributed by atoms with Crippen molar-refractivity contribution in [2.45, 2.75) is 19.4 Å². The van der Waals surface area contributed by atoms with Gasteiger partial charge in [0.15, 0.2) is 15.6 Å². The number of furan rings is 1. The van der Waals surface area contributed by atoms with Crippen LogP contribution in [0.5, 0.6) is 0 Å². The summed E-state index contributed by atoms with van der Waals surface area (Å²) in [5, 5.41) is 3.14. The van der Waals surface area contributed by atoms with E-state index in [1.54, 1.807) is 30.9 Å². The van der Waals surface area contributed by atoms with Gasteiger partial charge in [0.25, 0.3) is 0 Å².